The molecule has 0 spiro atoms. The third-order valence-electron chi connectivity index (χ3n) is 2.99. The third-order valence-corrected chi connectivity index (χ3v) is 2.99. The molecule has 0 aliphatic carbocycles. The van der Waals surface area contributed by atoms with E-state index in [1.54, 1.807) is 12.1 Å². The van der Waals surface area contributed by atoms with Crippen LogP contribution < -0.4 is 11.1 Å². The number of hydrogen-bond donors (Lipinski definition) is 2. The fraction of sp³-hybridized carbons (Fsp3) is 0.467. The summed E-state index contributed by atoms with van der Waals surface area (Å²) >= 11 is 0. The minimum atomic E-state index is -0.828. The molecule has 0 aliphatic heterocycles. The van der Waals surface area contributed by atoms with E-state index in [1.807, 2.05) is 32.0 Å². The first-order chi connectivity index (χ1) is 9.95. The predicted molar refractivity (Wildman–Crippen MR) is 80.0 cm³/mol. The molecule has 0 unspecified atom stereocenters. The van der Waals surface area contributed by atoms with Gasteiger partial charge in [-0.05, 0) is 18.6 Å². The fourth-order valence-corrected chi connectivity index (χ4v) is 1.95. The molecule has 1 aromatic carbocycles. The van der Waals surface area contributed by atoms with Crippen molar-refractivity contribution >= 4 is 17.9 Å². The van der Waals surface area contributed by atoms with Crippen LogP contribution in [-0.4, -0.2) is 25.4 Å². The number of benzene rings is 1. The first-order valence-electron chi connectivity index (χ1n) is 6.86. The highest BCUT2D eigenvalue weighted by Crippen LogP contribution is 2.24. The van der Waals surface area contributed by atoms with Crippen molar-refractivity contribution in [2.24, 2.45) is 11.1 Å². The number of carbonyl (C=O) groups excluding carboxylic acids is 2. The SMILES string of the molecule is CCC[C@@](C)(COC(N)=O)COC(=O)Nc1ccccc1. The van der Waals surface area contributed by atoms with Crippen molar-refractivity contribution in [3.05, 3.63) is 30.3 Å². The molecule has 0 fully saturated rings. The number of amides is 2. The zero-order valence-corrected chi connectivity index (χ0v) is 12.4. The Kier molecular flexibility index (Phi) is 6.52. The number of carbonyl (C=O) groups is 2. The molecule has 0 saturated heterocycles. The highest BCUT2D eigenvalue weighted by molar-refractivity contribution is 5.84. The van der Waals surface area contributed by atoms with E-state index in [9.17, 15) is 9.59 Å². The number of anilines is 1. The molecule has 2 amide bonds. The van der Waals surface area contributed by atoms with Crippen LogP contribution in [0.3, 0.4) is 0 Å². The molecule has 1 aromatic rings. The molecule has 0 radical (unpaired) electrons. The average Bonchev–Trinajstić information content (AvgIpc) is 2.45. The van der Waals surface area contributed by atoms with Gasteiger partial charge in [-0.1, -0.05) is 38.5 Å². The van der Waals surface area contributed by atoms with Crippen molar-refractivity contribution in [2.75, 3.05) is 18.5 Å². The van der Waals surface area contributed by atoms with Gasteiger partial charge in [0.2, 0.25) is 0 Å². The molecule has 0 aromatic heterocycles. The summed E-state index contributed by atoms with van der Waals surface area (Å²) in [5.41, 5.74) is 5.19. The Morgan fingerprint density at radius 1 is 1.19 bits per heavy atom. The minimum absolute atomic E-state index is 0.120. The smallest absolute Gasteiger partial charge is 0.411 e. The number of hydrogen-bond acceptors (Lipinski definition) is 4. The number of rotatable bonds is 7. The number of nitrogens with one attached hydrogen (secondary N) is 1. The Morgan fingerprint density at radius 2 is 1.81 bits per heavy atom. The van der Waals surface area contributed by atoms with Gasteiger partial charge in [-0.15, -0.1) is 0 Å². The highest BCUT2D eigenvalue weighted by atomic mass is 16.6. The van der Waals surface area contributed by atoms with Crippen molar-refractivity contribution in [1.29, 1.82) is 0 Å². The number of ether oxygens (including phenoxy) is 2. The van der Waals surface area contributed by atoms with Crippen LogP contribution in [0.25, 0.3) is 0 Å². The van der Waals surface area contributed by atoms with E-state index in [2.05, 4.69) is 5.32 Å². The monoisotopic (exact) mass is 294 g/mol. The summed E-state index contributed by atoms with van der Waals surface area (Å²) in [4.78, 5) is 22.4. The summed E-state index contributed by atoms with van der Waals surface area (Å²) < 4.78 is 10.1. The molecule has 1 atom stereocenters. The lowest BCUT2D eigenvalue weighted by Gasteiger charge is -2.27. The second-order valence-corrected chi connectivity index (χ2v) is 5.24. The minimum Gasteiger partial charge on any atom is -0.449 e. The lowest BCUT2D eigenvalue weighted by molar-refractivity contribution is 0.0380. The lowest BCUT2D eigenvalue weighted by Crippen LogP contribution is -2.33. The first-order valence-corrected chi connectivity index (χ1v) is 6.86. The largest absolute Gasteiger partial charge is 0.449 e. The molecule has 6 nitrogen and oxygen atoms in total. The molecule has 6 heteroatoms. The highest BCUT2D eigenvalue weighted by Gasteiger charge is 2.27. The third kappa shape index (κ3) is 6.65. The molecule has 3 N–H and O–H groups in total. The topological polar surface area (TPSA) is 90.7 Å². The van der Waals surface area contributed by atoms with Gasteiger partial charge in [0.05, 0.1) is 0 Å². The van der Waals surface area contributed by atoms with Gasteiger partial charge in [-0.3, -0.25) is 5.32 Å². The molecule has 0 heterocycles. The first kappa shape index (κ1) is 16.8. The van der Waals surface area contributed by atoms with Gasteiger partial charge >= 0.3 is 12.2 Å². The van der Waals surface area contributed by atoms with Crippen LogP contribution in [0.2, 0.25) is 0 Å². The van der Waals surface area contributed by atoms with Crippen molar-refractivity contribution < 1.29 is 19.1 Å². The molecule has 1 rings (SSSR count). The second-order valence-electron chi connectivity index (χ2n) is 5.24. The van der Waals surface area contributed by atoms with Crippen molar-refractivity contribution in [1.82, 2.24) is 0 Å². The molecular formula is C15H22N2O4. The van der Waals surface area contributed by atoms with Crippen molar-refractivity contribution in [3.8, 4) is 0 Å². The van der Waals surface area contributed by atoms with Gasteiger partial charge < -0.3 is 15.2 Å². The van der Waals surface area contributed by atoms with Gasteiger partial charge in [0.15, 0.2) is 0 Å². The fourth-order valence-electron chi connectivity index (χ4n) is 1.95. The lowest BCUT2D eigenvalue weighted by atomic mass is 9.87. The summed E-state index contributed by atoms with van der Waals surface area (Å²) in [6.07, 6.45) is 0.259. The maximum absolute atomic E-state index is 11.7. The Morgan fingerprint density at radius 3 is 2.38 bits per heavy atom. The van der Waals surface area contributed by atoms with Gasteiger partial charge in [-0.2, -0.15) is 0 Å². The maximum atomic E-state index is 11.7. The average molecular weight is 294 g/mol. The maximum Gasteiger partial charge on any atom is 0.411 e. The Bertz CT molecular complexity index is 464. The van der Waals surface area contributed by atoms with E-state index in [0.717, 1.165) is 12.8 Å². The van der Waals surface area contributed by atoms with E-state index in [-0.39, 0.29) is 13.2 Å². The normalized spacial score (nSPS) is 13.0. The van der Waals surface area contributed by atoms with Crippen LogP contribution in [0.1, 0.15) is 26.7 Å². The Labute approximate surface area is 124 Å². The van der Waals surface area contributed by atoms with E-state index in [4.69, 9.17) is 15.2 Å². The summed E-state index contributed by atoms with van der Waals surface area (Å²) in [5, 5.41) is 2.63. The molecule has 0 saturated carbocycles. The van der Waals surface area contributed by atoms with Crippen LogP contribution >= 0.6 is 0 Å². The van der Waals surface area contributed by atoms with Crippen LogP contribution in [-0.2, 0) is 9.47 Å². The van der Waals surface area contributed by atoms with Crippen molar-refractivity contribution in [2.45, 2.75) is 26.7 Å². The van der Waals surface area contributed by atoms with Crippen LogP contribution in [0.4, 0.5) is 15.3 Å². The zero-order valence-electron chi connectivity index (χ0n) is 12.4. The van der Waals surface area contributed by atoms with Crippen LogP contribution in [0.15, 0.2) is 30.3 Å². The van der Waals surface area contributed by atoms with Gasteiger partial charge in [0.25, 0.3) is 0 Å². The van der Waals surface area contributed by atoms with Crippen LogP contribution in [0.5, 0.6) is 0 Å². The number of nitrogens with two attached hydrogens (primary N) is 1. The molecule has 0 aliphatic rings. The summed E-state index contributed by atoms with van der Waals surface area (Å²) in [6.45, 7) is 4.16. The van der Waals surface area contributed by atoms with Gasteiger partial charge in [0, 0.05) is 11.1 Å². The summed E-state index contributed by atoms with van der Waals surface area (Å²) in [6, 6.07) is 9.02. The van der Waals surface area contributed by atoms with E-state index in [1.165, 1.54) is 0 Å². The number of para-hydroxylation sites is 1. The number of primary amides is 1. The second kappa shape index (κ2) is 8.14. The Balaban J connectivity index is 2.48. The molecular weight excluding hydrogens is 272 g/mol. The molecule has 21 heavy (non-hydrogen) atoms. The Hall–Kier alpha value is -2.24. The van der Waals surface area contributed by atoms with E-state index < -0.39 is 17.6 Å². The summed E-state index contributed by atoms with van der Waals surface area (Å²) in [5.74, 6) is 0. The van der Waals surface area contributed by atoms with Crippen LogP contribution in [0, 0.1) is 5.41 Å². The van der Waals surface area contributed by atoms with Gasteiger partial charge in [0.1, 0.15) is 13.2 Å². The summed E-state index contributed by atoms with van der Waals surface area (Å²) in [7, 11) is 0. The molecule has 0 bridgehead atoms. The van der Waals surface area contributed by atoms with E-state index in [0.29, 0.717) is 5.69 Å². The standard InChI is InChI=1S/C15H22N2O4/c1-3-9-15(2,10-20-13(16)18)11-21-14(19)17-12-7-5-4-6-8-12/h4-8H,3,9-11H2,1-2H3,(H2,16,18)(H,17,19)/t15-/m0/s1. The zero-order chi connectivity index (χ0) is 15.7. The predicted octanol–water partition coefficient (Wildman–Crippen LogP) is 3.14. The van der Waals surface area contributed by atoms with Gasteiger partial charge in [-0.25, -0.2) is 9.59 Å². The quantitative estimate of drug-likeness (QED) is 0.808. The van der Waals surface area contributed by atoms with E-state index >= 15 is 0 Å². The van der Waals surface area contributed by atoms with Crippen molar-refractivity contribution in [3.63, 3.8) is 0 Å². The molecule has 116 valence electrons.